The minimum absolute atomic E-state index is 0.167. The minimum Gasteiger partial charge on any atom is -0.463 e. The highest BCUT2D eigenvalue weighted by atomic mass is 19.1. The Balaban J connectivity index is 2.74. The number of rotatable bonds is 5. The standard InChI is InChI=1S/C17H26FNO/c1-6-17(4,5)12(2)7-8-13(3)20-16-10-9-14(19)11-15(16)18/h7-10,15H,6,11,19H2,1-5H3/b12-7+,13-8+. The number of nitrogens with two attached hydrogens (primary N) is 1. The predicted octanol–water partition coefficient (Wildman–Crippen LogP) is 4.76. The molecule has 20 heavy (non-hydrogen) atoms. The predicted molar refractivity (Wildman–Crippen MR) is 82.5 cm³/mol. The van der Waals surface area contributed by atoms with Crippen molar-refractivity contribution in [3.63, 3.8) is 0 Å². The van der Waals surface area contributed by atoms with Gasteiger partial charge in [-0.05, 0) is 43.9 Å². The zero-order valence-electron chi connectivity index (χ0n) is 13.2. The third-order valence-electron chi connectivity index (χ3n) is 3.98. The molecule has 0 saturated carbocycles. The highest BCUT2D eigenvalue weighted by Gasteiger charge is 2.19. The molecule has 0 aromatic carbocycles. The van der Waals surface area contributed by atoms with E-state index in [0.717, 1.165) is 6.42 Å². The lowest BCUT2D eigenvalue weighted by atomic mass is 9.82. The Morgan fingerprint density at radius 3 is 2.60 bits per heavy atom. The second-order valence-corrected chi connectivity index (χ2v) is 5.95. The first kappa shape index (κ1) is 16.5. The van der Waals surface area contributed by atoms with E-state index in [1.54, 1.807) is 12.2 Å². The quantitative estimate of drug-likeness (QED) is 0.582. The molecule has 0 amide bonds. The minimum atomic E-state index is -1.15. The maximum atomic E-state index is 13.7. The molecule has 112 valence electrons. The van der Waals surface area contributed by atoms with Crippen molar-refractivity contribution in [3.05, 3.63) is 47.1 Å². The number of halogens is 1. The van der Waals surface area contributed by atoms with Crippen LogP contribution in [0.25, 0.3) is 0 Å². The van der Waals surface area contributed by atoms with E-state index in [4.69, 9.17) is 10.5 Å². The molecule has 0 radical (unpaired) electrons. The zero-order valence-corrected chi connectivity index (χ0v) is 13.2. The van der Waals surface area contributed by atoms with E-state index in [1.807, 2.05) is 19.1 Å². The van der Waals surface area contributed by atoms with Crippen LogP contribution < -0.4 is 5.73 Å². The van der Waals surface area contributed by atoms with E-state index in [0.29, 0.717) is 17.2 Å². The monoisotopic (exact) mass is 279 g/mol. The zero-order chi connectivity index (χ0) is 15.3. The summed E-state index contributed by atoms with van der Waals surface area (Å²) in [5.74, 6) is 1.01. The van der Waals surface area contributed by atoms with Gasteiger partial charge in [-0.15, -0.1) is 0 Å². The Kier molecular flexibility index (Phi) is 5.61. The van der Waals surface area contributed by atoms with Crippen LogP contribution in [0.4, 0.5) is 4.39 Å². The molecule has 3 heteroatoms. The molecule has 1 aliphatic carbocycles. The van der Waals surface area contributed by atoms with Crippen LogP contribution >= 0.6 is 0 Å². The molecule has 0 saturated heterocycles. The third-order valence-corrected chi connectivity index (χ3v) is 3.98. The summed E-state index contributed by atoms with van der Waals surface area (Å²) < 4.78 is 19.3. The molecule has 0 spiro atoms. The van der Waals surface area contributed by atoms with E-state index in [2.05, 4.69) is 27.7 Å². The number of alkyl halides is 1. The lowest BCUT2D eigenvalue weighted by Crippen LogP contribution is -2.15. The van der Waals surface area contributed by atoms with Gasteiger partial charge in [0.25, 0.3) is 0 Å². The summed E-state index contributed by atoms with van der Waals surface area (Å²) in [5.41, 5.74) is 7.57. The van der Waals surface area contributed by atoms with Crippen LogP contribution in [0.5, 0.6) is 0 Å². The van der Waals surface area contributed by atoms with Crippen LogP contribution in [0.3, 0.4) is 0 Å². The molecule has 1 atom stereocenters. The normalized spacial score (nSPS) is 21.4. The van der Waals surface area contributed by atoms with E-state index in [9.17, 15) is 4.39 Å². The summed E-state index contributed by atoms with van der Waals surface area (Å²) in [7, 11) is 0. The average Bonchev–Trinajstić information content (AvgIpc) is 2.39. The summed E-state index contributed by atoms with van der Waals surface area (Å²) in [6.07, 6.45) is 7.36. The van der Waals surface area contributed by atoms with Gasteiger partial charge in [-0.25, -0.2) is 4.39 Å². The summed E-state index contributed by atoms with van der Waals surface area (Å²) in [4.78, 5) is 0. The average molecular weight is 279 g/mol. The first-order valence-corrected chi connectivity index (χ1v) is 7.10. The molecular formula is C17H26FNO. The van der Waals surface area contributed by atoms with Crippen molar-refractivity contribution in [2.24, 2.45) is 11.1 Å². The van der Waals surface area contributed by atoms with Crippen molar-refractivity contribution in [2.75, 3.05) is 0 Å². The Morgan fingerprint density at radius 1 is 1.40 bits per heavy atom. The molecule has 1 rings (SSSR count). The Labute approximate surface area is 121 Å². The lowest BCUT2D eigenvalue weighted by Gasteiger charge is -2.23. The van der Waals surface area contributed by atoms with Gasteiger partial charge in [0.15, 0.2) is 6.17 Å². The fourth-order valence-corrected chi connectivity index (χ4v) is 1.73. The van der Waals surface area contributed by atoms with Gasteiger partial charge in [-0.1, -0.05) is 32.4 Å². The molecular weight excluding hydrogens is 253 g/mol. The molecule has 0 aromatic heterocycles. The van der Waals surface area contributed by atoms with Crippen LogP contribution in [-0.4, -0.2) is 6.17 Å². The molecule has 2 N–H and O–H groups in total. The number of ether oxygens (including phenoxy) is 1. The highest BCUT2D eigenvalue weighted by Crippen LogP contribution is 2.29. The van der Waals surface area contributed by atoms with Crippen molar-refractivity contribution in [1.82, 2.24) is 0 Å². The molecule has 2 nitrogen and oxygen atoms in total. The molecule has 0 bridgehead atoms. The van der Waals surface area contributed by atoms with Crippen molar-refractivity contribution in [3.8, 4) is 0 Å². The van der Waals surface area contributed by atoms with Gasteiger partial charge >= 0.3 is 0 Å². The lowest BCUT2D eigenvalue weighted by molar-refractivity contribution is 0.211. The van der Waals surface area contributed by atoms with Crippen molar-refractivity contribution < 1.29 is 9.13 Å². The van der Waals surface area contributed by atoms with E-state index in [-0.39, 0.29) is 11.8 Å². The first-order valence-electron chi connectivity index (χ1n) is 7.10. The van der Waals surface area contributed by atoms with Crippen LogP contribution in [0.2, 0.25) is 0 Å². The van der Waals surface area contributed by atoms with Crippen LogP contribution in [-0.2, 0) is 4.74 Å². The Morgan fingerprint density at radius 2 is 2.05 bits per heavy atom. The van der Waals surface area contributed by atoms with Crippen molar-refractivity contribution in [2.45, 2.75) is 53.6 Å². The van der Waals surface area contributed by atoms with Gasteiger partial charge in [0, 0.05) is 12.1 Å². The van der Waals surface area contributed by atoms with Gasteiger partial charge in [-0.2, -0.15) is 0 Å². The second-order valence-electron chi connectivity index (χ2n) is 5.95. The summed E-state index contributed by atoms with van der Waals surface area (Å²) in [5, 5.41) is 0. The SMILES string of the molecule is CCC(C)(C)/C(C)=C/C=C(\C)OC1=CC=C(N)CC1F. The van der Waals surface area contributed by atoms with Gasteiger partial charge in [0.1, 0.15) is 11.5 Å². The summed E-state index contributed by atoms with van der Waals surface area (Å²) >= 11 is 0. The molecule has 1 unspecified atom stereocenters. The maximum absolute atomic E-state index is 13.7. The number of hydrogen-bond acceptors (Lipinski definition) is 2. The highest BCUT2D eigenvalue weighted by molar-refractivity contribution is 5.25. The largest absolute Gasteiger partial charge is 0.463 e. The van der Waals surface area contributed by atoms with E-state index >= 15 is 0 Å². The molecule has 0 aliphatic heterocycles. The molecule has 0 aromatic rings. The van der Waals surface area contributed by atoms with Crippen LogP contribution in [0, 0.1) is 5.41 Å². The maximum Gasteiger partial charge on any atom is 0.163 e. The number of allylic oxidation sites excluding steroid dienone is 8. The van der Waals surface area contributed by atoms with Gasteiger partial charge < -0.3 is 10.5 Å². The van der Waals surface area contributed by atoms with Crippen LogP contribution in [0.1, 0.15) is 47.5 Å². The fraction of sp³-hybridized carbons (Fsp3) is 0.529. The van der Waals surface area contributed by atoms with Gasteiger partial charge in [-0.3, -0.25) is 0 Å². The molecule has 0 fully saturated rings. The molecule has 1 aliphatic rings. The Bertz CT molecular complexity index is 469. The van der Waals surface area contributed by atoms with Crippen molar-refractivity contribution in [1.29, 1.82) is 0 Å². The Hall–Kier alpha value is -1.51. The topological polar surface area (TPSA) is 35.2 Å². The van der Waals surface area contributed by atoms with Gasteiger partial charge in [0.05, 0.1) is 0 Å². The first-order chi connectivity index (χ1) is 9.26. The van der Waals surface area contributed by atoms with E-state index < -0.39 is 6.17 Å². The second kappa shape index (κ2) is 6.78. The number of hydrogen-bond donors (Lipinski definition) is 1. The van der Waals surface area contributed by atoms with Gasteiger partial charge in [0.2, 0.25) is 0 Å². The summed E-state index contributed by atoms with van der Waals surface area (Å²) in [6, 6.07) is 0. The third kappa shape index (κ3) is 4.55. The fourth-order valence-electron chi connectivity index (χ4n) is 1.73. The van der Waals surface area contributed by atoms with Crippen LogP contribution in [0.15, 0.2) is 47.1 Å². The van der Waals surface area contributed by atoms with E-state index in [1.165, 1.54) is 5.57 Å². The smallest absolute Gasteiger partial charge is 0.163 e. The molecule has 0 heterocycles. The van der Waals surface area contributed by atoms with Crippen molar-refractivity contribution >= 4 is 0 Å². The summed E-state index contributed by atoms with van der Waals surface area (Å²) in [6.45, 7) is 10.5.